The molecule has 0 saturated carbocycles. The number of aryl methyl sites for hydroxylation is 1. The zero-order chi connectivity index (χ0) is 22.5. The van der Waals surface area contributed by atoms with Crippen LogP contribution in [0.5, 0.6) is 5.75 Å². The second-order valence-corrected chi connectivity index (χ2v) is 7.19. The van der Waals surface area contributed by atoms with Crippen molar-refractivity contribution in [3.63, 3.8) is 0 Å². The summed E-state index contributed by atoms with van der Waals surface area (Å²) in [5.74, 6) is 0.0891. The predicted octanol–water partition coefficient (Wildman–Crippen LogP) is 4.78. The molecule has 2 heterocycles. The van der Waals surface area contributed by atoms with E-state index >= 15 is 0 Å². The van der Waals surface area contributed by atoms with Crippen LogP contribution in [0.3, 0.4) is 0 Å². The SMILES string of the molecule is COc1ccccc1/C=C/C(=O)Nc1ccc(C)c(C(=O)Nc2cnc3[nH]ccc3c2)c1. The maximum Gasteiger partial charge on any atom is 0.256 e. The number of ether oxygens (including phenoxy) is 1. The van der Waals surface area contributed by atoms with E-state index in [2.05, 4.69) is 20.6 Å². The molecule has 3 N–H and O–H groups in total. The molecule has 160 valence electrons. The van der Waals surface area contributed by atoms with Gasteiger partial charge in [0, 0.05) is 34.5 Å². The molecule has 0 atom stereocenters. The van der Waals surface area contributed by atoms with E-state index < -0.39 is 0 Å². The van der Waals surface area contributed by atoms with E-state index in [4.69, 9.17) is 4.74 Å². The Hall–Kier alpha value is -4.39. The van der Waals surface area contributed by atoms with Gasteiger partial charge in [-0.25, -0.2) is 4.98 Å². The number of H-pyrrole nitrogens is 1. The molecular weight excluding hydrogens is 404 g/mol. The second kappa shape index (κ2) is 9.18. The number of aromatic nitrogens is 2. The zero-order valence-corrected chi connectivity index (χ0v) is 17.7. The van der Waals surface area contributed by atoms with Crippen molar-refractivity contribution >= 4 is 40.3 Å². The highest BCUT2D eigenvalue weighted by Gasteiger charge is 2.12. The third kappa shape index (κ3) is 4.67. The van der Waals surface area contributed by atoms with E-state index in [1.165, 1.54) is 6.08 Å². The summed E-state index contributed by atoms with van der Waals surface area (Å²) in [7, 11) is 1.58. The van der Waals surface area contributed by atoms with Crippen LogP contribution >= 0.6 is 0 Å². The van der Waals surface area contributed by atoms with Gasteiger partial charge >= 0.3 is 0 Å². The third-order valence-electron chi connectivity index (χ3n) is 4.96. The van der Waals surface area contributed by atoms with Gasteiger partial charge in [0.25, 0.3) is 5.91 Å². The van der Waals surface area contributed by atoms with Crippen LogP contribution in [0.4, 0.5) is 11.4 Å². The summed E-state index contributed by atoms with van der Waals surface area (Å²) >= 11 is 0. The molecule has 32 heavy (non-hydrogen) atoms. The van der Waals surface area contributed by atoms with Crippen molar-refractivity contribution in [2.45, 2.75) is 6.92 Å². The number of anilines is 2. The lowest BCUT2D eigenvalue weighted by molar-refractivity contribution is -0.111. The summed E-state index contributed by atoms with van der Waals surface area (Å²) < 4.78 is 5.29. The summed E-state index contributed by atoms with van der Waals surface area (Å²) in [6, 6.07) is 16.4. The average molecular weight is 426 g/mol. The van der Waals surface area contributed by atoms with Gasteiger partial charge in [-0.15, -0.1) is 0 Å². The summed E-state index contributed by atoms with van der Waals surface area (Å²) in [5, 5.41) is 6.56. The summed E-state index contributed by atoms with van der Waals surface area (Å²) in [5.41, 5.74) is 3.92. The Morgan fingerprint density at radius 1 is 1.03 bits per heavy atom. The molecule has 2 aromatic heterocycles. The lowest BCUT2D eigenvalue weighted by atomic mass is 10.1. The molecule has 4 rings (SSSR count). The van der Waals surface area contributed by atoms with Gasteiger partial charge in [0.1, 0.15) is 11.4 Å². The molecule has 7 nitrogen and oxygen atoms in total. The first kappa shape index (κ1) is 20.9. The molecule has 0 aliphatic rings. The number of methoxy groups -OCH3 is 1. The van der Waals surface area contributed by atoms with Gasteiger partial charge in [0.15, 0.2) is 0 Å². The number of fused-ring (bicyclic) bond motifs is 1. The fourth-order valence-corrected chi connectivity index (χ4v) is 3.30. The Morgan fingerprint density at radius 3 is 2.72 bits per heavy atom. The molecule has 7 heteroatoms. The number of carbonyl (C=O) groups is 2. The number of benzene rings is 2. The van der Waals surface area contributed by atoms with Crippen LogP contribution in [0.2, 0.25) is 0 Å². The molecule has 0 aliphatic carbocycles. The zero-order valence-electron chi connectivity index (χ0n) is 17.7. The topological polar surface area (TPSA) is 96.1 Å². The van der Waals surface area contributed by atoms with Crippen LogP contribution in [0.25, 0.3) is 17.1 Å². The van der Waals surface area contributed by atoms with Gasteiger partial charge in [-0.2, -0.15) is 0 Å². The number of aromatic amines is 1. The summed E-state index contributed by atoms with van der Waals surface area (Å²) in [6.07, 6.45) is 6.50. The fraction of sp³-hybridized carbons (Fsp3) is 0.0800. The predicted molar refractivity (Wildman–Crippen MR) is 126 cm³/mol. The number of nitrogens with zero attached hydrogens (tertiary/aromatic N) is 1. The van der Waals surface area contributed by atoms with Gasteiger partial charge in [-0.05, 0) is 48.9 Å². The van der Waals surface area contributed by atoms with Gasteiger partial charge in [-0.1, -0.05) is 24.3 Å². The highest BCUT2D eigenvalue weighted by atomic mass is 16.5. The number of amides is 2. The van der Waals surface area contributed by atoms with Gasteiger partial charge in [-0.3, -0.25) is 9.59 Å². The number of hydrogen-bond donors (Lipinski definition) is 3. The van der Waals surface area contributed by atoms with E-state index in [9.17, 15) is 9.59 Å². The number of pyridine rings is 1. The second-order valence-electron chi connectivity index (χ2n) is 7.19. The Morgan fingerprint density at radius 2 is 1.88 bits per heavy atom. The lowest BCUT2D eigenvalue weighted by Crippen LogP contribution is -2.15. The first-order valence-corrected chi connectivity index (χ1v) is 10.0. The Bertz CT molecular complexity index is 1320. The van der Waals surface area contributed by atoms with Crippen molar-refractivity contribution in [1.29, 1.82) is 0 Å². The third-order valence-corrected chi connectivity index (χ3v) is 4.96. The molecule has 0 radical (unpaired) electrons. The average Bonchev–Trinajstić information content (AvgIpc) is 3.27. The molecule has 0 fully saturated rings. The number of para-hydroxylation sites is 1. The first-order valence-electron chi connectivity index (χ1n) is 10.0. The minimum absolute atomic E-state index is 0.278. The van der Waals surface area contributed by atoms with Gasteiger partial charge in [0.2, 0.25) is 5.91 Å². The Balaban J connectivity index is 1.47. The number of carbonyl (C=O) groups excluding carboxylic acids is 2. The molecule has 4 aromatic rings. The number of hydrogen-bond acceptors (Lipinski definition) is 4. The lowest BCUT2D eigenvalue weighted by Gasteiger charge is -2.10. The highest BCUT2D eigenvalue weighted by molar-refractivity contribution is 6.07. The normalized spacial score (nSPS) is 10.9. The minimum atomic E-state index is -0.312. The van der Waals surface area contributed by atoms with E-state index in [0.717, 1.165) is 22.2 Å². The van der Waals surface area contributed by atoms with E-state index in [-0.39, 0.29) is 11.8 Å². The minimum Gasteiger partial charge on any atom is -0.496 e. The van der Waals surface area contributed by atoms with Crippen molar-refractivity contribution in [3.8, 4) is 5.75 Å². The standard InChI is InChI=1S/C25H22N4O3/c1-16-7-9-19(28-23(30)10-8-17-5-3-4-6-22(17)32-2)14-21(16)25(31)29-20-13-18-11-12-26-24(18)27-15-20/h3-15H,1-2H3,(H,26,27)(H,28,30)(H,29,31)/b10-8+. The molecule has 2 amide bonds. The van der Waals surface area contributed by atoms with E-state index in [1.807, 2.05) is 43.3 Å². The summed E-state index contributed by atoms with van der Waals surface area (Å²) in [4.78, 5) is 32.5. The molecule has 0 aliphatic heterocycles. The quantitative estimate of drug-likeness (QED) is 0.387. The van der Waals surface area contributed by atoms with Crippen molar-refractivity contribution in [3.05, 3.63) is 89.8 Å². The molecule has 0 unspecified atom stereocenters. The summed E-state index contributed by atoms with van der Waals surface area (Å²) in [6.45, 7) is 1.84. The maximum atomic E-state index is 12.8. The van der Waals surface area contributed by atoms with Crippen molar-refractivity contribution in [1.82, 2.24) is 9.97 Å². The molecule has 0 spiro atoms. The van der Waals surface area contributed by atoms with Crippen molar-refractivity contribution < 1.29 is 14.3 Å². The van der Waals surface area contributed by atoms with Crippen molar-refractivity contribution in [2.24, 2.45) is 0 Å². The first-order chi connectivity index (χ1) is 15.5. The van der Waals surface area contributed by atoms with E-state index in [1.54, 1.807) is 43.8 Å². The smallest absolute Gasteiger partial charge is 0.256 e. The van der Waals surface area contributed by atoms with Crippen LogP contribution in [-0.2, 0) is 4.79 Å². The Labute approximate surface area is 185 Å². The van der Waals surface area contributed by atoms with Gasteiger partial charge in [0.05, 0.1) is 19.0 Å². The van der Waals surface area contributed by atoms with Crippen LogP contribution in [-0.4, -0.2) is 28.9 Å². The highest BCUT2D eigenvalue weighted by Crippen LogP contribution is 2.21. The van der Waals surface area contributed by atoms with Crippen LogP contribution in [0, 0.1) is 6.92 Å². The van der Waals surface area contributed by atoms with E-state index in [0.29, 0.717) is 22.7 Å². The van der Waals surface area contributed by atoms with Crippen LogP contribution in [0.1, 0.15) is 21.5 Å². The van der Waals surface area contributed by atoms with Crippen molar-refractivity contribution in [2.75, 3.05) is 17.7 Å². The molecule has 0 saturated heterocycles. The number of rotatable bonds is 6. The van der Waals surface area contributed by atoms with Crippen LogP contribution in [0.15, 0.2) is 73.1 Å². The fourth-order valence-electron chi connectivity index (χ4n) is 3.30. The molecule has 0 bridgehead atoms. The molecule has 2 aromatic carbocycles. The van der Waals surface area contributed by atoms with Gasteiger partial charge < -0.3 is 20.4 Å². The van der Waals surface area contributed by atoms with Crippen LogP contribution < -0.4 is 15.4 Å². The Kier molecular flexibility index (Phi) is 5.98. The largest absolute Gasteiger partial charge is 0.496 e. The monoisotopic (exact) mass is 426 g/mol. The maximum absolute atomic E-state index is 12.8. The molecular formula is C25H22N4O3. The number of nitrogens with one attached hydrogen (secondary N) is 3.